The summed E-state index contributed by atoms with van der Waals surface area (Å²) >= 11 is 6.77. The van der Waals surface area contributed by atoms with Gasteiger partial charge in [-0.25, -0.2) is 0 Å². The number of ether oxygens (including phenoxy) is 3. The van der Waals surface area contributed by atoms with Crippen LogP contribution in [0.15, 0.2) is 35.4 Å². The maximum atomic E-state index is 6.77. The van der Waals surface area contributed by atoms with Gasteiger partial charge in [0.25, 0.3) is 0 Å². The van der Waals surface area contributed by atoms with Crippen LogP contribution in [0.2, 0.25) is 5.02 Å². The molecular formula is C27H40ClN2O3+. The van der Waals surface area contributed by atoms with Crippen molar-refractivity contribution in [3.8, 4) is 28.4 Å². The van der Waals surface area contributed by atoms with Crippen molar-refractivity contribution < 1.29 is 19.7 Å². The standard InChI is InChI=1S/C27H39ClN2O3/c1-4-6-8-10-12-18-32-24-20-23(21-14-16-22(31-3)17-15-21)27(25(28)26(24)30-29)33-19-13-11-9-7-5-2/h14-17,20,29H,4-13,18-19H2,1-3H3/p+1. The molecule has 0 atom stereocenters. The molecule has 0 unspecified atom stereocenters. The number of halogens is 1. The minimum absolute atomic E-state index is 0.389. The lowest BCUT2D eigenvalue weighted by Crippen LogP contribution is -2.22. The SMILES string of the molecule is CCCCCCCOc1cc(-c2ccc(OC)cc2)c(OCCCCCCC)c(Cl)c1N=[NH2+]. The fourth-order valence-corrected chi connectivity index (χ4v) is 4.02. The van der Waals surface area contributed by atoms with E-state index in [4.69, 9.17) is 31.3 Å². The lowest BCUT2D eigenvalue weighted by molar-refractivity contribution is -0.210. The predicted molar refractivity (Wildman–Crippen MR) is 136 cm³/mol. The number of nitrogens with two attached hydrogens (primary N) is 1. The first-order chi connectivity index (χ1) is 16.2. The Balaban J connectivity index is 2.26. The molecule has 2 aromatic rings. The maximum absolute atomic E-state index is 6.77. The summed E-state index contributed by atoms with van der Waals surface area (Å²) in [4.78, 5) is 0. The number of rotatable bonds is 17. The number of methoxy groups -OCH3 is 1. The summed E-state index contributed by atoms with van der Waals surface area (Å²) < 4.78 is 17.6. The van der Waals surface area contributed by atoms with Crippen LogP contribution in [-0.2, 0) is 0 Å². The van der Waals surface area contributed by atoms with Gasteiger partial charge in [-0.15, -0.1) is 0 Å². The monoisotopic (exact) mass is 475 g/mol. The first kappa shape index (κ1) is 27.0. The Morgan fingerprint density at radius 2 is 1.39 bits per heavy atom. The maximum Gasteiger partial charge on any atom is 0.194 e. The quantitative estimate of drug-likeness (QED) is 0.189. The molecule has 0 bridgehead atoms. The Bertz CT molecular complexity index is 840. The second kappa shape index (κ2) is 15.5. The summed E-state index contributed by atoms with van der Waals surface area (Å²) in [7, 11) is 1.66. The van der Waals surface area contributed by atoms with Gasteiger partial charge in [-0.2, -0.15) is 5.53 Å². The molecule has 0 saturated heterocycles. The number of hydrogen-bond acceptors (Lipinski definition) is 4. The highest BCUT2D eigenvalue weighted by molar-refractivity contribution is 6.35. The van der Waals surface area contributed by atoms with Gasteiger partial charge in [0.2, 0.25) is 0 Å². The zero-order valence-electron chi connectivity index (χ0n) is 20.5. The van der Waals surface area contributed by atoms with E-state index in [-0.39, 0.29) is 0 Å². The Morgan fingerprint density at radius 1 is 0.818 bits per heavy atom. The number of benzene rings is 2. The number of unbranched alkanes of at least 4 members (excludes halogenated alkanes) is 8. The van der Waals surface area contributed by atoms with E-state index in [2.05, 4.69) is 19.0 Å². The van der Waals surface area contributed by atoms with Gasteiger partial charge in [0.15, 0.2) is 11.4 Å². The van der Waals surface area contributed by atoms with Crippen molar-refractivity contribution in [3.63, 3.8) is 0 Å². The fraction of sp³-hybridized carbons (Fsp3) is 0.556. The molecule has 182 valence electrons. The third-order valence-electron chi connectivity index (χ3n) is 5.69. The molecular weight excluding hydrogens is 436 g/mol. The summed E-state index contributed by atoms with van der Waals surface area (Å²) in [6, 6.07) is 9.77. The molecule has 0 aliphatic heterocycles. The van der Waals surface area contributed by atoms with Crippen LogP contribution >= 0.6 is 11.6 Å². The summed E-state index contributed by atoms with van der Waals surface area (Å²) in [5, 5.41) is 4.32. The molecule has 0 aliphatic rings. The van der Waals surface area contributed by atoms with Gasteiger partial charge >= 0.3 is 0 Å². The Labute approximate surface area is 204 Å². The lowest BCUT2D eigenvalue weighted by Gasteiger charge is -2.17. The molecule has 0 aromatic heterocycles. The highest BCUT2D eigenvalue weighted by atomic mass is 35.5. The molecule has 5 nitrogen and oxygen atoms in total. The highest BCUT2D eigenvalue weighted by Gasteiger charge is 2.22. The first-order valence-corrected chi connectivity index (χ1v) is 12.7. The fourth-order valence-electron chi connectivity index (χ4n) is 3.72. The van der Waals surface area contributed by atoms with Gasteiger partial charge in [-0.05, 0) is 41.7 Å². The van der Waals surface area contributed by atoms with Crippen LogP contribution in [-0.4, -0.2) is 20.3 Å². The summed E-state index contributed by atoms with van der Waals surface area (Å²) in [5.74, 6) is 1.97. The van der Waals surface area contributed by atoms with Crippen molar-refractivity contribution in [1.82, 2.24) is 0 Å². The number of hydrogen-bond donors (Lipinski definition) is 1. The molecule has 0 amide bonds. The van der Waals surface area contributed by atoms with Crippen LogP contribution in [0.1, 0.15) is 78.1 Å². The predicted octanol–water partition coefficient (Wildman–Crippen LogP) is 7.56. The van der Waals surface area contributed by atoms with Crippen molar-refractivity contribution >= 4 is 17.3 Å². The third kappa shape index (κ3) is 8.54. The van der Waals surface area contributed by atoms with Gasteiger partial charge in [0.1, 0.15) is 16.5 Å². The van der Waals surface area contributed by atoms with Crippen LogP contribution < -0.4 is 19.7 Å². The highest BCUT2D eigenvalue weighted by Crippen LogP contribution is 2.48. The van der Waals surface area contributed by atoms with Gasteiger partial charge in [-0.1, -0.05) is 88.9 Å². The molecule has 2 rings (SSSR count). The minimum Gasteiger partial charge on any atom is -0.497 e. The summed E-state index contributed by atoms with van der Waals surface area (Å²) in [6.45, 7) is 5.61. The van der Waals surface area contributed by atoms with Crippen molar-refractivity contribution in [2.45, 2.75) is 78.1 Å². The van der Waals surface area contributed by atoms with Crippen LogP contribution in [0.3, 0.4) is 0 Å². The Kier molecular flexibility index (Phi) is 12.7. The van der Waals surface area contributed by atoms with Crippen LogP contribution in [0, 0.1) is 0 Å². The minimum atomic E-state index is 0.389. The van der Waals surface area contributed by atoms with E-state index >= 15 is 0 Å². The van der Waals surface area contributed by atoms with Gasteiger partial charge in [0.05, 0.1) is 20.3 Å². The summed E-state index contributed by atoms with van der Waals surface area (Å²) in [6.07, 6.45) is 11.6. The second-order valence-electron chi connectivity index (χ2n) is 8.30. The van der Waals surface area contributed by atoms with E-state index in [1.54, 1.807) is 7.11 Å². The van der Waals surface area contributed by atoms with E-state index in [9.17, 15) is 0 Å². The average Bonchev–Trinajstić information content (AvgIpc) is 2.84. The van der Waals surface area contributed by atoms with E-state index < -0.39 is 0 Å². The number of nitrogens with zero attached hydrogens (tertiary/aromatic N) is 1. The molecule has 0 spiro atoms. The Morgan fingerprint density at radius 3 is 1.94 bits per heavy atom. The molecule has 0 aliphatic carbocycles. The van der Waals surface area contributed by atoms with E-state index in [1.807, 2.05) is 30.3 Å². The van der Waals surface area contributed by atoms with Crippen molar-refractivity contribution in [3.05, 3.63) is 35.4 Å². The third-order valence-corrected chi connectivity index (χ3v) is 6.04. The van der Waals surface area contributed by atoms with Crippen LogP contribution in [0.25, 0.3) is 11.1 Å². The summed E-state index contributed by atoms with van der Waals surface area (Å²) in [5.41, 5.74) is 7.98. The van der Waals surface area contributed by atoms with Crippen molar-refractivity contribution in [2.75, 3.05) is 20.3 Å². The zero-order chi connectivity index (χ0) is 23.9. The van der Waals surface area contributed by atoms with E-state index in [1.165, 1.54) is 38.5 Å². The van der Waals surface area contributed by atoms with E-state index in [0.717, 1.165) is 42.6 Å². The molecule has 0 fully saturated rings. The average molecular weight is 476 g/mol. The molecule has 2 aromatic carbocycles. The molecule has 2 N–H and O–H groups in total. The molecule has 33 heavy (non-hydrogen) atoms. The van der Waals surface area contributed by atoms with E-state index in [0.29, 0.717) is 35.4 Å². The molecule has 6 heteroatoms. The van der Waals surface area contributed by atoms with Crippen LogP contribution in [0.4, 0.5) is 5.69 Å². The van der Waals surface area contributed by atoms with Gasteiger partial charge in [0, 0.05) is 5.56 Å². The Hall–Kier alpha value is -2.27. The van der Waals surface area contributed by atoms with Crippen LogP contribution in [0.5, 0.6) is 17.2 Å². The smallest absolute Gasteiger partial charge is 0.194 e. The largest absolute Gasteiger partial charge is 0.497 e. The van der Waals surface area contributed by atoms with Crippen molar-refractivity contribution in [2.24, 2.45) is 5.11 Å². The zero-order valence-corrected chi connectivity index (χ0v) is 21.3. The lowest BCUT2D eigenvalue weighted by atomic mass is 10.0. The van der Waals surface area contributed by atoms with Gasteiger partial charge in [-0.3, -0.25) is 0 Å². The molecule has 0 radical (unpaired) electrons. The topological polar surface area (TPSA) is 65.6 Å². The first-order valence-electron chi connectivity index (χ1n) is 12.3. The molecule has 0 saturated carbocycles. The van der Waals surface area contributed by atoms with Crippen molar-refractivity contribution in [1.29, 1.82) is 0 Å². The molecule has 0 heterocycles. The van der Waals surface area contributed by atoms with Gasteiger partial charge < -0.3 is 14.2 Å². The second-order valence-corrected chi connectivity index (χ2v) is 8.67. The normalized spacial score (nSPS) is 10.8.